The zero-order valence-electron chi connectivity index (χ0n) is 13.8. The van der Waals surface area contributed by atoms with Crippen LogP contribution in [0.4, 0.5) is 4.39 Å². The van der Waals surface area contributed by atoms with Crippen LogP contribution in [-0.2, 0) is 6.42 Å². The van der Waals surface area contributed by atoms with Crippen molar-refractivity contribution in [2.45, 2.75) is 27.2 Å². The van der Waals surface area contributed by atoms with Gasteiger partial charge in [-0.1, -0.05) is 19.1 Å². The van der Waals surface area contributed by atoms with E-state index < -0.39 is 0 Å². The lowest BCUT2D eigenvalue weighted by molar-refractivity contribution is 0.0777. The maximum Gasteiger partial charge on any atom is 0.257 e. The molecule has 0 spiro atoms. The number of benzene rings is 1. The van der Waals surface area contributed by atoms with Crippen LogP contribution < -0.4 is 0 Å². The maximum absolute atomic E-state index is 13.1. The molecule has 1 amide bonds. The molecule has 23 heavy (non-hydrogen) atoms. The molecule has 0 N–H and O–H groups in total. The van der Waals surface area contributed by atoms with Crippen molar-refractivity contribution in [1.82, 2.24) is 14.7 Å². The smallest absolute Gasteiger partial charge is 0.257 e. The first-order valence-corrected chi connectivity index (χ1v) is 7.74. The molecule has 0 atom stereocenters. The summed E-state index contributed by atoms with van der Waals surface area (Å²) in [5.74, 6) is -0.352. The summed E-state index contributed by atoms with van der Waals surface area (Å²) in [6.45, 7) is 10.8. The number of hydrogen-bond donors (Lipinski definition) is 0. The number of carbonyl (C=O) groups is 1. The number of carbonyl (C=O) groups excluding carboxylic acids is 1. The van der Waals surface area contributed by atoms with Crippen molar-refractivity contribution in [3.63, 3.8) is 0 Å². The molecule has 4 nitrogen and oxygen atoms in total. The molecule has 0 aliphatic carbocycles. The summed E-state index contributed by atoms with van der Waals surface area (Å²) < 4.78 is 14.8. The molecule has 0 aliphatic rings. The lowest BCUT2D eigenvalue weighted by atomic mass is 10.1. The lowest BCUT2D eigenvalue weighted by Crippen LogP contribution is -2.32. The Labute approximate surface area is 136 Å². The van der Waals surface area contributed by atoms with E-state index in [-0.39, 0.29) is 11.7 Å². The van der Waals surface area contributed by atoms with Gasteiger partial charge in [0.05, 0.1) is 23.1 Å². The van der Waals surface area contributed by atoms with Crippen LogP contribution in [-0.4, -0.2) is 33.7 Å². The Kier molecular flexibility index (Phi) is 5.32. The van der Waals surface area contributed by atoms with Gasteiger partial charge in [-0.25, -0.2) is 9.07 Å². The predicted octanol–water partition coefficient (Wildman–Crippen LogP) is 3.61. The van der Waals surface area contributed by atoms with Gasteiger partial charge in [-0.05, 0) is 44.5 Å². The summed E-state index contributed by atoms with van der Waals surface area (Å²) in [6.07, 6.45) is 2.24. The molecule has 2 aromatic rings. The summed E-state index contributed by atoms with van der Waals surface area (Å²) >= 11 is 0. The van der Waals surface area contributed by atoms with Crippen molar-refractivity contribution in [1.29, 1.82) is 0 Å². The highest BCUT2D eigenvalue weighted by molar-refractivity contribution is 5.95. The molecule has 1 heterocycles. The topological polar surface area (TPSA) is 38.1 Å². The minimum absolute atomic E-state index is 0.0549. The first-order valence-electron chi connectivity index (χ1n) is 7.74. The first-order chi connectivity index (χ1) is 11.0. The third-order valence-electron chi connectivity index (χ3n) is 3.64. The van der Waals surface area contributed by atoms with Crippen LogP contribution in [0.5, 0.6) is 0 Å². The number of nitrogens with zero attached hydrogens (tertiary/aromatic N) is 3. The van der Waals surface area contributed by atoms with Gasteiger partial charge in [0.1, 0.15) is 5.82 Å². The SMILES string of the molecule is C=C(C)CN(CC)C(=O)c1cnn(-c2ccc(F)cc2)c1CC. The number of hydrogen-bond acceptors (Lipinski definition) is 2. The van der Waals surface area contributed by atoms with Gasteiger partial charge < -0.3 is 4.90 Å². The van der Waals surface area contributed by atoms with Gasteiger partial charge in [0.2, 0.25) is 0 Å². The van der Waals surface area contributed by atoms with Crippen LogP contribution in [0.15, 0.2) is 42.6 Å². The largest absolute Gasteiger partial charge is 0.335 e. The monoisotopic (exact) mass is 315 g/mol. The molecule has 0 saturated heterocycles. The summed E-state index contributed by atoms with van der Waals surface area (Å²) in [6, 6.07) is 6.08. The normalized spacial score (nSPS) is 10.6. The van der Waals surface area contributed by atoms with Crippen molar-refractivity contribution in [3.8, 4) is 5.69 Å². The van der Waals surface area contributed by atoms with Gasteiger partial charge >= 0.3 is 0 Å². The van der Waals surface area contributed by atoms with Gasteiger partial charge in [-0.15, -0.1) is 0 Å². The highest BCUT2D eigenvalue weighted by Gasteiger charge is 2.21. The quantitative estimate of drug-likeness (QED) is 0.764. The Balaban J connectivity index is 2.39. The van der Waals surface area contributed by atoms with Gasteiger partial charge in [-0.3, -0.25) is 4.79 Å². The van der Waals surface area contributed by atoms with Crippen molar-refractivity contribution in [3.05, 3.63) is 59.7 Å². The van der Waals surface area contributed by atoms with E-state index in [1.165, 1.54) is 12.1 Å². The summed E-state index contributed by atoms with van der Waals surface area (Å²) in [5, 5.41) is 4.33. The molecular formula is C18H22FN3O. The third-order valence-corrected chi connectivity index (χ3v) is 3.64. The van der Waals surface area contributed by atoms with E-state index in [0.29, 0.717) is 25.1 Å². The minimum atomic E-state index is -0.297. The van der Waals surface area contributed by atoms with Crippen LogP contribution in [0, 0.1) is 5.82 Å². The van der Waals surface area contributed by atoms with Crippen LogP contribution >= 0.6 is 0 Å². The molecule has 122 valence electrons. The number of aromatic nitrogens is 2. The lowest BCUT2D eigenvalue weighted by Gasteiger charge is -2.21. The molecule has 0 radical (unpaired) electrons. The molecule has 0 unspecified atom stereocenters. The molecule has 1 aromatic heterocycles. The second-order valence-corrected chi connectivity index (χ2v) is 5.52. The predicted molar refractivity (Wildman–Crippen MR) is 89.3 cm³/mol. The minimum Gasteiger partial charge on any atom is -0.335 e. The van der Waals surface area contributed by atoms with Crippen molar-refractivity contribution < 1.29 is 9.18 Å². The number of halogens is 1. The van der Waals surface area contributed by atoms with Crippen LogP contribution in [0.2, 0.25) is 0 Å². The summed E-state index contributed by atoms with van der Waals surface area (Å²) in [5.41, 5.74) is 3.08. The van der Waals surface area contributed by atoms with E-state index in [0.717, 1.165) is 17.0 Å². The van der Waals surface area contributed by atoms with E-state index in [4.69, 9.17) is 0 Å². The van der Waals surface area contributed by atoms with Crippen LogP contribution in [0.1, 0.15) is 36.8 Å². The Morgan fingerprint density at radius 1 is 1.30 bits per heavy atom. The molecule has 0 saturated carbocycles. The Morgan fingerprint density at radius 3 is 2.48 bits per heavy atom. The van der Waals surface area contributed by atoms with Gasteiger partial charge in [-0.2, -0.15) is 5.10 Å². The fourth-order valence-electron chi connectivity index (χ4n) is 2.52. The molecule has 0 aliphatic heterocycles. The zero-order valence-corrected chi connectivity index (χ0v) is 13.8. The van der Waals surface area contributed by atoms with Crippen molar-refractivity contribution in [2.75, 3.05) is 13.1 Å². The summed E-state index contributed by atoms with van der Waals surface area (Å²) in [4.78, 5) is 14.5. The molecule has 0 fully saturated rings. The van der Waals surface area contributed by atoms with Crippen molar-refractivity contribution in [2.24, 2.45) is 0 Å². The maximum atomic E-state index is 13.1. The average molecular weight is 315 g/mol. The Morgan fingerprint density at radius 2 is 1.96 bits per heavy atom. The standard InChI is InChI=1S/C18H22FN3O/c1-5-17-16(18(23)21(6-2)12-13(3)4)11-20-22(17)15-9-7-14(19)8-10-15/h7-11H,3,5-6,12H2,1-2,4H3. The first kappa shape index (κ1) is 16.9. The highest BCUT2D eigenvalue weighted by atomic mass is 19.1. The summed E-state index contributed by atoms with van der Waals surface area (Å²) in [7, 11) is 0. The molecule has 0 bridgehead atoms. The van der Waals surface area contributed by atoms with E-state index >= 15 is 0 Å². The van der Waals surface area contributed by atoms with Crippen molar-refractivity contribution >= 4 is 5.91 Å². The molecular weight excluding hydrogens is 293 g/mol. The zero-order chi connectivity index (χ0) is 17.0. The third kappa shape index (κ3) is 3.67. The fourth-order valence-corrected chi connectivity index (χ4v) is 2.52. The van der Waals surface area contributed by atoms with Gasteiger partial charge in [0.25, 0.3) is 5.91 Å². The average Bonchev–Trinajstić information content (AvgIpc) is 2.96. The van der Waals surface area contributed by atoms with Crippen LogP contribution in [0.25, 0.3) is 5.69 Å². The van der Waals surface area contributed by atoms with Gasteiger partial charge in [0.15, 0.2) is 0 Å². The molecule has 2 rings (SSSR count). The second-order valence-electron chi connectivity index (χ2n) is 5.52. The Hall–Kier alpha value is -2.43. The van der Waals surface area contributed by atoms with E-state index in [2.05, 4.69) is 11.7 Å². The van der Waals surface area contributed by atoms with E-state index in [1.807, 2.05) is 20.8 Å². The number of rotatable bonds is 6. The van der Waals surface area contributed by atoms with E-state index in [9.17, 15) is 9.18 Å². The molecule has 5 heteroatoms. The fraction of sp³-hybridized carbons (Fsp3) is 0.333. The van der Waals surface area contributed by atoms with E-state index in [1.54, 1.807) is 27.9 Å². The second kappa shape index (κ2) is 7.22. The Bertz CT molecular complexity index is 704. The number of amides is 1. The number of likely N-dealkylation sites (N-methyl/N-ethyl adjacent to an activating group) is 1. The van der Waals surface area contributed by atoms with Gasteiger partial charge in [0, 0.05) is 13.1 Å². The highest BCUT2D eigenvalue weighted by Crippen LogP contribution is 2.18. The van der Waals surface area contributed by atoms with Crippen LogP contribution in [0.3, 0.4) is 0 Å². The molecule has 1 aromatic carbocycles.